The highest BCUT2D eigenvalue weighted by Gasteiger charge is 2.09. The fraction of sp³-hybridized carbons (Fsp3) is 0.333. The highest BCUT2D eigenvalue weighted by atomic mass is 15.3. The maximum atomic E-state index is 4.16. The Morgan fingerprint density at radius 1 is 1.50 bits per heavy atom. The third-order valence-electron chi connectivity index (χ3n) is 1.94. The fourth-order valence-corrected chi connectivity index (χ4v) is 1.35. The second-order valence-electron chi connectivity index (χ2n) is 3.13. The number of hydrogen-bond acceptors (Lipinski definition) is 1. The third kappa shape index (κ3) is 0.978. The summed E-state index contributed by atoms with van der Waals surface area (Å²) in [7, 11) is 0. The minimum Gasteiger partial charge on any atom is -0.230 e. The van der Waals surface area contributed by atoms with Crippen molar-refractivity contribution in [2.45, 2.75) is 19.9 Å². The number of hydrogen-bond donors (Lipinski definition) is 0. The third-order valence-corrected chi connectivity index (χ3v) is 1.94. The molecule has 0 amide bonds. The first kappa shape index (κ1) is 7.28. The van der Waals surface area contributed by atoms with Crippen LogP contribution >= 0.6 is 0 Å². The van der Waals surface area contributed by atoms with E-state index in [-0.39, 0.29) is 0 Å². The molecular formula is C9H12N3+. The average molecular weight is 162 g/mol. The van der Waals surface area contributed by atoms with E-state index in [1.807, 2.05) is 29.0 Å². The van der Waals surface area contributed by atoms with Crippen molar-refractivity contribution in [1.29, 1.82) is 0 Å². The van der Waals surface area contributed by atoms with Gasteiger partial charge in [-0.05, 0) is 13.8 Å². The van der Waals surface area contributed by atoms with Gasteiger partial charge in [0.1, 0.15) is 6.20 Å². The molecule has 0 aliphatic carbocycles. The van der Waals surface area contributed by atoms with E-state index >= 15 is 0 Å². The van der Waals surface area contributed by atoms with Gasteiger partial charge in [-0.3, -0.25) is 0 Å². The summed E-state index contributed by atoms with van der Waals surface area (Å²) in [6.45, 7) is 4.32. The van der Waals surface area contributed by atoms with Gasteiger partial charge in [0.25, 0.3) is 0 Å². The van der Waals surface area contributed by atoms with Crippen LogP contribution in [0.5, 0.6) is 0 Å². The molecule has 0 spiro atoms. The van der Waals surface area contributed by atoms with Crippen molar-refractivity contribution in [1.82, 2.24) is 9.61 Å². The van der Waals surface area contributed by atoms with Crippen molar-refractivity contribution in [3.8, 4) is 0 Å². The number of nitrogens with zero attached hydrogens (tertiary/aromatic N) is 3. The van der Waals surface area contributed by atoms with E-state index in [9.17, 15) is 0 Å². The van der Waals surface area contributed by atoms with E-state index < -0.39 is 0 Å². The largest absolute Gasteiger partial charge is 0.308 e. The van der Waals surface area contributed by atoms with Gasteiger partial charge in [0.05, 0.1) is 24.5 Å². The van der Waals surface area contributed by atoms with Crippen LogP contribution in [-0.2, 0) is 0 Å². The quantitative estimate of drug-likeness (QED) is 0.577. The lowest BCUT2D eigenvalue weighted by Crippen LogP contribution is -2.37. The molecule has 0 fully saturated rings. The first-order chi connectivity index (χ1) is 5.79. The van der Waals surface area contributed by atoms with Crippen LogP contribution in [0.4, 0.5) is 0 Å². The number of rotatable bonds is 1. The molecule has 0 saturated heterocycles. The lowest BCUT2D eigenvalue weighted by atomic mass is 10.4. The van der Waals surface area contributed by atoms with Gasteiger partial charge in [0, 0.05) is 6.07 Å². The summed E-state index contributed by atoms with van der Waals surface area (Å²) in [5, 5.41) is 4.16. The zero-order valence-corrected chi connectivity index (χ0v) is 7.31. The van der Waals surface area contributed by atoms with Gasteiger partial charge in [-0.25, -0.2) is 4.57 Å². The Kier molecular flexibility index (Phi) is 1.57. The van der Waals surface area contributed by atoms with Crippen LogP contribution < -0.4 is 4.57 Å². The van der Waals surface area contributed by atoms with Crippen LogP contribution in [-0.4, -0.2) is 9.61 Å². The molecule has 0 unspecified atom stereocenters. The summed E-state index contributed by atoms with van der Waals surface area (Å²) < 4.78 is 4.06. The zero-order chi connectivity index (χ0) is 8.55. The molecule has 0 saturated carbocycles. The molecule has 2 aromatic heterocycles. The highest BCUT2D eigenvalue weighted by Crippen LogP contribution is 1.98. The molecule has 0 radical (unpaired) electrons. The normalized spacial score (nSPS) is 11.2. The molecule has 0 aromatic carbocycles. The van der Waals surface area contributed by atoms with Crippen LogP contribution in [0.25, 0.3) is 5.65 Å². The molecule has 12 heavy (non-hydrogen) atoms. The van der Waals surface area contributed by atoms with E-state index in [0.717, 1.165) is 5.65 Å². The van der Waals surface area contributed by atoms with Crippen molar-refractivity contribution < 1.29 is 4.57 Å². The summed E-state index contributed by atoms with van der Waals surface area (Å²) in [6.07, 6.45) is 5.84. The van der Waals surface area contributed by atoms with E-state index in [4.69, 9.17) is 0 Å². The van der Waals surface area contributed by atoms with Crippen LogP contribution in [0.15, 0.2) is 30.7 Å². The van der Waals surface area contributed by atoms with E-state index in [2.05, 4.69) is 29.7 Å². The summed E-state index contributed by atoms with van der Waals surface area (Å²) >= 11 is 0. The minimum atomic E-state index is 0.477. The minimum absolute atomic E-state index is 0.477. The molecule has 0 atom stereocenters. The summed E-state index contributed by atoms with van der Waals surface area (Å²) in [4.78, 5) is 0. The molecule has 2 heterocycles. The molecule has 3 heteroatoms. The van der Waals surface area contributed by atoms with Crippen LogP contribution in [0.3, 0.4) is 0 Å². The molecule has 62 valence electrons. The van der Waals surface area contributed by atoms with Gasteiger partial charge in [-0.1, -0.05) is 5.10 Å². The summed E-state index contributed by atoms with van der Waals surface area (Å²) in [5.41, 5.74) is 1.13. The van der Waals surface area contributed by atoms with Gasteiger partial charge in [-0.15, -0.1) is 4.52 Å². The zero-order valence-electron chi connectivity index (χ0n) is 7.31. The maximum absolute atomic E-state index is 4.16. The fourth-order valence-electron chi connectivity index (χ4n) is 1.35. The van der Waals surface area contributed by atoms with Crippen molar-refractivity contribution in [3.05, 3.63) is 30.7 Å². The van der Waals surface area contributed by atoms with Gasteiger partial charge in [0.2, 0.25) is 0 Å². The molecule has 3 nitrogen and oxygen atoms in total. The second-order valence-corrected chi connectivity index (χ2v) is 3.13. The lowest BCUT2D eigenvalue weighted by Gasteiger charge is -2.02. The van der Waals surface area contributed by atoms with Gasteiger partial charge in [0.15, 0.2) is 0 Å². The number of aromatic nitrogens is 3. The Bertz CT molecular complexity index is 389. The first-order valence-electron chi connectivity index (χ1n) is 4.12. The van der Waals surface area contributed by atoms with Gasteiger partial charge >= 0.3 is 5.65 Å². The predicted molar refractivity (Wildman–Crippen MR) is 45.8 cm³/mol. The second kappa shape index (κ2) is 2.59. The highest BCUT2D eigenvalue weighted by molar-refractivity contribution is 5.27. The van der Waals surface area contributed by atoms with E-state index in [0.29, 0.717) is 6.04 Å². The SMILES string of the molecule is CC(C)[n+]1cccn2nccc21. The topological polar surface area (TPSA) is 21.2 Å². The Hall–Kier alpha value is -1.38. The van der Waals surface area contributed by atoms with Crippen molar-refractivity contribution in [2.24, 2.45) is 0 Å². The summed E-state index contributed by atoms with van der Waals surface area (Å²) in [5.74, 6) is 0. The van der Waals surface area contributed by atoms with Crippen LogP contribution in [0.2, 0.25) is 0 Å². The molecule has 0 N–H and O–H groups in total. The molecule has 0 aliphatic rings. The van der Waals surface area contributed by atoms with Crippen molar-refractivity contribution in [3.63, 3.8) is 0 Å². The monoisotopic (exact) mass is 162 g/mol. The van der Waals surface area contributed by atoms with E-state index in [1.54, 1.807) is 0 Å². The molecule has 2 rings (SSSR count). The van der Waals surface area contributed by atoms with Crippen LogP contribution in [0.1, 0.15) is 19.9 Å². The molecule has 2 aromatic rings. The smallest absolute Gasteiger partial charge is 0.230 e. The maximum Gasteiger partial charge on any atom is 0.308 e. The lowest BCUT2D eigenvalue weighted by molar-refractivity contribution is -0.694. The number of fused-ring (bicyclic) bond motifs is 1. The van der Waals surface area contributed by atoms with E-state index in [1.165, 1.54) is 0 Å². The van der Waals surface area contributed by atoms with Crippen molar-refractivity contribution in [2.75, 3.05) is 0 Å². The summed E-state index contributed by atoms with van der Waals surface area (Å²) in [6, 6.07) is 4.49. The Balaban J connectivity index is 2.73. The Morgan fingerprint density at radius 3 is 3.08 bits per heavy atom. The molecular weight excluding hydrogens is 150 g/mol. The average Bonchev–Trinajstić information content (AvgIpc) is 2.49. The molecule has 0 bridgehead atoms. The Morgan fingerprint density at radius 2 is 2.33 bits per heavy atom. The predicted octanol–water partition coefficient (Wildman–Crippen LogP) is 1.20. The van der Waals surface area contributed by atoms with Crippen LogP contribution in [0, 0.1) is 0 Å². The van der Waals surface area contributed by atoms with Crippen molar-refractivity contribution >= 4 is 5.65 Å². The van der Waals surface area contributed by atoms with Gasteiger partial charge in [-0.2, -0.15) is 0 Å². The first-order valence-corrected chi connectivity index (χ1v) is 4.12. The molecule has 0 aliphatic heterocycles. The standard InChI is InChI=1S/C9H12N3/c1-8(2)11-6-3-7-12-9(11)4-5-10-12/h3-8H,1-2H3/q+1. The van der Waals surface area contributed by atoms with Gasteiger partial charge < -0.3 is 0 Å². The Labute approximate surface area is 71.3 Å².